The average Bonchev–Trinajstić information content (AvgIpc) is 3.24. The number of hydrogen-bond donors (Lipinski definition) is 2. The third-order valence-electron chi connectivity index (χ3n) is 6.54. The Morgan fingerprint density at radius 3 is 2.71 bits per heavy atom. The van der Waals surface area contributed by atoms with Crippen molar-refractivity contribution in [1.82, 2.24) is 15.2 Å². The molecule has 38 heavy (non-hydrogen) atoms. The lowest BCUT2D eigenvalue weighted by Crippen LogP contribution is -2.47. The maximum atomic E-state index is 13.7. The van der Waals surface area contributed by atoms with E-state index in [1.165, 1.54) is 12.0 Å². The molecule has 4 rings (SSSR count). The van der Waals surface area contributed by atoms with Crippen LogP contribution >= 0.6 is 0 Å². The van der Waals surface area contributed by atoms with Gasteiger partial charge in [-0.3, -0.25) is 9.29 Å². The van der Waals surface area contributed by atoms with E-state index in [4.69, 9.17) is 14.2 Å². The van der Waals surface area contributed by atoms with Gasteiger partial charge in [0, 0.05) is 34.7 Å². The summed E-state index contributed by atoms with van der Waals surface area (Å²) < 4.78 is 69.7. The Bertz CT molecular complexity index is 1250. The zero-order valence-corrected chi connectivity index (χ0v) is 21.2. The van der Waals surface area contributed by atoms with Gasteiger partial charge in [-0.1, -0.05) is 18.2 Å². The van der Waals surface area contributed by atoms with Crippen molar-refractivity contribution in [3.05, 3.63) is 59.3 Å². The molecule has 0 saturated carbocycles. The van der Waals surface area contributed by atoms with E-state index in [9.17, 15) is 22.4 Å². The molecule has 1 aromatic heterocycles. The van der Waals surface area contributed by atoms with E-state index < -0.39 is 37.6 Å². The fraction of sp³-hybridized carbons (Fsp3) is 0.444. The van der Waals surface area contributed by atoms with E-state index in [1.807, 2.05) is 24.3 Å². The van der Waals surface area contributed by atoms with Crippen LogP contribution in [0.15, 0.2) is 42.5 Å². The zero-order valence-electron chi connectivity index (χ0n) is 21.2. The molecular formula is C27H31F4N3O4. The Kier molecular flexibility index (Phi) is 8.65. The zero-order chi connectivity index (χ0) is 27.3. The molecule has 206 valence electrons. The Hall–Kier alpha value is -3.47. The number of alkyl halides is 4. The molecule has 3 aromatic rings. The van der Waals surface area contributed by atoms with Gasteiger partial charge in [0.05, 0.1) is 26.4 Å². The van der Waals surface area contributed by atoms with Crippen LogP contribution in [0.3, 0.4) is 0 Å². The van der Waals surface area contributed by atoms with Gasteiger partial charge in [0.2, 0.25) is 0 Å². The van der Waals surface area contributed by atoms with Crippen molar-refractivity contribution in [2.24, 2.45) is 0 Å². The third-order valence-corrected chi connectivity index (χ3v) is 6.54. The number of hydrogen-bond acceptors (Lipinski definition) is 5. The lowest BCUT2D eigenvalue weighted by molar-refractivity contribution is -0.155. The van der Waals surface area contributed by atoms with Crippen LogP contribution < -0.4 is 14.8 Å². The number of aromatic nitrogens is 1. The normalized spacial score (nSPS) is 17.7. The van der Waals surface area contributed by atoms with E-state index in [0.717, 1.165) is 16.5 Å². The number of carbonyl (C=O) groups excluding carboxylic acids is 1. The number of carbonyl (C=O) groups is 1. The minimum atomic E-state index is -4.40. The number of rotatable bonds is 10. The molecule has 2 heterocycles. The van der Waals surface area contributed by atoms with Crippen molar-refractivity contribution in [3.63, 3.8) is 0 Å². The second-order valence-corrected chi connectivity index (χ2v) is 9.16. The molecule has 7 nitrogen and oxygen atoms in total. The molecule has 2 aromatic carbocycles. The molecule has 2 atom stereocenters. The molecule has 1 aliphatic heterocycles. The molecular weight excluding hydrogens is 506 g/mol. The first kappa shape index (κ1) is 27.6. The molecule has 0 unspecified atom stereocenters. The topological polar surface area (TPSA) is 75.8 Å². The van der Waals surface area contributed by atoms with Gasteiger partial charge in [0.25, 0.3) is 0 Å². The fourth-order valence-corrected chi connectivity index (χ4v) is 4.91. The number of para-hydroxylation sites is 1. The monoisotopic (exact) mass is 537 g/mol. The molecule has 0 fully saturated rings. The number of halogens is 4. The van der Waals surface area contributed by atoms with Gasteiger partial charge in [-0.05, 0) is 49.6 Å². The minimum Gasteiger partial charge on any atom is -0.496 e. The van der Waals surface area contributed by atoms with Gasteiger partial charge in [0.1, 0.15) is 24.7 Å². The van der Waals surface area contributed by atoms with Gasteiger partial charge < -0.3 is 24.5 Å². The summed E-state index contributed by atoms with van der Waals surface area (Å²) in [5.41, 5.74) is 3.06. The molecule has 1 aliphatic rings. The van der Waals surface area contributed by atoms with Gasteiger partial charge in [-0.25, -0.2) is 4.79 Å². The smallest absolute Gasteiger partial charge is 0.407 e. The van der Waals surface area contributed by atoms with E-state index in [2.05, 4.69) is 10.3 Å². The van der Waals surface area contributed by atoms with E-state index in [0.29, 0.717) is 29.2 Å². The van der Waals surface area contributed by atoms with Crippen LogP contribution in [0.5, 0.6) is 11.5 Å². The highest BCUT2D eigenvalue weighted by Gasteiger charge is 2.42. The second kappa shape index (κ2) is 11.9. The lowest BCUT2D eigenvalue weighted by atomic mass is 9.88. The highest BCUT2D eigenvalue weighted by atomic mass is 19.4. The van der Waals surface area contributed by atoms with E-state index in [-0.39, 0.29) is 26.2 Å². The standard InChI is InChI=1S/C27H31F4N3O4/c1-17-14-20-19-6-3-4-7-22(19)33-24(20)25(34(17)16-27(29,30)31)21-15-18(8-9-23(21)36-2)37-12-13-38-26(35)32-11-5-10-28/h3-4,6-9,15,17,25,33H,5,10-14,16H2,1-2H3,(H,32,35)/t17-,25-/m1/s1. The first-order valence-corrected chi connectivity index (χ1v) is 12.4. The first-order valence-electron chi connectivity index (χ1n) is 12.4. The number of benzene rings is 2. The summed E-state index contributed by atoms with van der Waals surface area (Å²) in [7, 11) is 1.47. The largest absolute Gasteiger partial charge is 0.496 e. The molecule has 1 amide bonds. The average molecular weight is 538 g/mol. The van der Waals surface area contributed by atoms with E-state index in [1.54, 1.807) is 25.1 Å². The summed E-state index contributed by atoms with van der Waals surface area (Å²) in [6.07, 6.45) is -4.42. The molecule has 0 bridgehead atoms. The van der Waals surface area contributed by atoms with Gasteiger partial charge in [0.15, 0.2) is 0 Å². The molecule has 0 aliphatic carbocycles. The van der Waals surface area contributed by atoms with Crippen LogP contribution in [0.25, 0.3) is 10.9 Å². The molecule has 2 N–H and O–H groups in total. The summed E-state index contributed by atoms with van der Waals surface area (Å²) >= 11 is 0. The third kappa shape index (κ3) is 6.32. The number of methoxy groups -OCH3 is 1. The van der Waals surface area contributed by atoms with Crippen LogP contribution in [0.4, 0.5) is 22.4 Å². The number of H-pyrrole nitrogens is 1. The van der Waals surface area contributed by atoms with Crippen molar-refractivity contribution >= 4 is 17.0 Å². The van der Waals surface area contributed by atoms with Gasteiger partial charge in [-0.15, -0.1) is 0 Å². The molecule has 0 radical (unpaired) electrons. The lowest BCUT2D eigenvalue weighted by Gasteiger charge is -2.41. The van der Waals surface area contributed by atoms with Crippen molar-refractivity contribution in [2.45, 2.75) is 38.0 Å². The SMILES string of the molecule is COc1ccc(OCCOC(=O)NCCCF)cc1[C@@H]1c2[nH]c3ccccc3c2C[C@@H](C)N1CC(F)(F)F. The Labute approximate surface area is 218 Å². The minimum absolute atomic E-state index is 0.0211. The van der Waals surface area contributed by atoms with E-state index >= 15 is 0 Å². The fourth-order valence-electron chi connectivity index (χ4n) is 4.91. The molecule has 0 saturated heterocycles. The molecule has 0 spiro atoms. The summed E-state index contributed by atoms with van der Waals surface area (Å²) in [6.45, 7) is 0.299. The number of nitrogens with one attached hydrogen (secondary N) is 2. The van der Waals surface area contributed by atoms with Crippen LogP contribution in [-0.2, 0) is 11.2 Å². The van der Waals surface area contributed by atoms with Crippen LogP contribution in [0.1, 0.15) is 36.2 Å². The maximum absolute atomic E-state index is 13.7. The van der Waals surface area contributed by atoms with Crippen molar-refractivity contribution in [1.29, 1.82) is 0 Å². The number of aromatic amines is 1. The Morgan fingerprint density at radius 1 is 1.18 bits per heavy atom. The van der Waals surface area contributed by atoms with Crippen LogP contribution in [0.2, 0.25) is 0 Å². The summed E-state index contributed by atoms with van der Waals surface area (Å²) in [5, 5.41) is 3.41. The van der Waals surface area contributed by atoms with Crippen LogP contribution in [0, 0.1) is 0 Å². The van der Waals surface area contributed by atoms with Crippen molar-refractivity contribution in [2.75, 3.05) is 40.1 Å². The number of ether oxygens (including phenoxy) is 3. The highest BCUT2D eigenvalue weighted by Crippen LogP contribution is 2.45. The van der Waals surface area contributed by atoms with Crippen LogP contribution in [-0.4, -0.2) is 68.3 Å². The maximum Gasteiger partial charge on any atom is 0.407 e. The second-order valence-electron chi connectivity index (χ2n) is 9.16. The number of fused-ring (bicyclic) bond motifs is 3. The first-order chi connectivity index (χ1) is 18.2. The number of alkyl carbamates (subject to hydrolysis) is 1. The highest BCUT2D eigenvalue weighted by molar-refractivity contribution is 5.85. The van der Waals surface area contributed by atoms with Gasteiger partial charge in [-0.2, -0.15) is 13.2 Å². The van der Waals surface area contributed by atoms with Crippen molar-refractivity contribution in [3.8, 4) is 11.5 Å². The summed E-state index contributed by atoms with van der Waals surface area (Å²) in [4.78, 5) is 16.4. The van der Waals surface area contributed by atoms with Crippen molar-refractivity contribution < 1.29 is 36.6 Å². The molecule has 11 heteroatoms. The summed E-state index contributed by atoms with van der Waals surface area (Å²) in [5.74, 6) is 0.821. The predicted octanol–water partition coefficient (Wildman–Crippen LogP) is 5.54. The Balaban J connectivity index is 1.63. The quantitative estimate of drug-likeness (QED) is 0.262. The van der Waals surface area contributed by atoms with Gasteiger partial charge >= 0.3 is 12.3 Å². The number of nitrogens with zero attached hydrogens (tertiary/aromatic N) is 1. The summed E-state index contributed by atoms with van der Waals surface area (Å²) in [6, 6.07) is 11.5. The predicted molar refractivity (Wildman–Crippen MR) is 135 cm³/mol. The number of amides is 1. The Morgan fingerprint density at radius 2 is 1.97 bits per heavy atom.